The van der Waals surface area contributed by atoms with Crippen LogP contribution < -0.4 is 0 Å². The topological polar surface area (TPSA) is 32.8 Å². The maximum absolute atomic E-state index is 13.6. The molecule has 0 spiro atoms. The first-order chi connectivity index (χ1) is 9.37. The molecular weight excluding hydrogens is 307 g/mol. The lowest BCUT2D eigenvalue weighted by atomic mass is 9.99. The predicted molar refractivity (Wildman–Crippen MR) is 105 cm³/mol. The lowest BCUT2D eigenvalue weighted by Crippen LogP contribution is -2.43. The largest absolute Gasteiger partial charge is 0.316 e. The molecule has 0 bridgehead atoms. The fraction of sp³-hybridized carbons (Fsp3) is 1.00. The fourth-order valence-corrected chi connectivity index (χ4v) is 5.33. The molecule has 1 fully saturated rings. The SMILES string of the molecule is C.C.CN(C)C1CCN(P(=O)(OCC(C)(C)C)C(C)(C)C)CC1. The lowest BCUT2D eigenvalue weighted by Gasteiger charge is -2.44. The van der Waals surface area contributed by atoms with Crippen LogP contribution >= 0.6 is 7.52 Å². The Morgan fingerprint density at radius 2 is 1.48 bits per heavy atom. The van der Waals surface area contributed by atoms with Gasteiger partial charge in [0.15, 0.2) is 0 Å². The van der Waals surface area contributed by atoms with Crippen molar-refractivity contribution in [3.05, 3.63) is 0 Å². The molecule has 23 heavy (non-hydrogen) atoms. The zero-order valence-electron chi connectivity index (χ0n) is 15.3. The van der Waals surface area contributed by atoms with Crippen LogP contribution in [0.5, 0.6) is 0 Å². The highest BCUT2D eigenvalue weighted by atomic mass is 31.2. The first-order valence-electron chi connectivity index (χ1n) is 8.03. The fourth-order valence-electron chi connectivity index (χ4n) is 2.61. The Kier molecular flexibility index (Phi) is 9.91. The van der Waals surface area contributed by atoms with Crippen LogP contribution in [-0.2, 0) is 9.09 Å². The van der Waals surface area contributed by atoms with Crippen molar-refractivity contribution in [2.45, 2.75) is 80.4 Å². The summed E-state index contributed by atoms with van der Waals surface area (Å²) in [5.74, 6) is 0. The Balaban J connectivity index is 0. The molecule has 1 rings (SSSR count). The third-order valence-corrected chi connectivity index (χ3v) is 7.38. The number of piperidine rings is 1. The standard InChI is InChI=1S/C16H35N2O2P.2CH4/c1-15(2,3)13-20-21(19,16(4,5)6)18-11-9-14(10-12-18)17(7)8;;/h14H,9-13H2,1-8H3;2*1H4. The maximum atomic E-state index is 13.6. The van der Waals surface area contributed by atoms with Gasteiger partial charge in [-0.1, -0.05) is 35.6 Å². The molecule has 1 heterocycles. The molecule has 0 aromatic rings. The molecule has 1 aliphatic rings. The quantitative estimate of drug-likeness (QED) is 0.641. The van der Waals surface area contributed by atoms with Gasteiger partial charge < -0.3 is 9.42 Å². The van der Waals surface area contributed by atoms with E-state index in [-0.39, 0.29) is 25.4 Å². The third-order valence-electron chi connectivity index (χ3n) is 4.06. The number of rotatable bonds is 4. The van der Waals surface area contributed by atoms with Gasteiger partial charge in [0.25, 0.3) is 7.52 Å². The van der Waals surface area contributed by atoms with Crippen LogP contribution in [0.1, 0.15) is 69.2 Å². The van der Waals surface area contributed by atoms with E-state index in [1.54, 1.807) is 0 Å². The van der Waals surface area contributed by atoms with Crippen LogP contribution in [0.25, 0.3) is 0 Å². The first-order valence-corrected chi connectivity index (χ1v) is 9.61. The molecule has 1 aliphatic heterocycles. The Labute approximate surface area is 146 Å². The van der Waals surface area contributed by atoms with Crippen molar-refractivity contribution in [3.8, 4) is 0 Å². The van der Waals surface area contributed by atoms with E-state index >= 15 is 0 Å². The minimum Gasteiger partial charge on any atom is -0.316 e. The van der Waals surface area contributed by atoms with Gasteiger partial charge in [-0.25, -0.2) is 4.67 Å². The molecule has 0 aromatic carbocycles. The Morgan fingerprint density at radius 3 is 1.78 bits per heavy atom. The lowest BCUT2D eigenvalue weighted by molar-refractivity contribution is 0.143. The van der Waals surface area contributed by atoms with Crippen molar-refractivity contribution in [3.63, 3.8) is 0 Å². The summed E-state index contributed by atoms with van der Waals surface area (Å²) in [6.07, 6.45) is 2.12. The summed E-state index contributed by atoms with van der Waals surface area (Å²) in [4.78, 5) is 2.27. The molecule has 4 nitrogen and oxygen atoms in total. The molecule has 5 heteroatoms. The summed E-state index contributed by atoms with van der Waals surface area (Å²) in [6.45, 7) is 14.7. The van der Waals surface area contributed by atoms with E-state index in [1.807, 2.05) is 20.8 Å². The van der Waals surface area contributed by atoms with Gasteiger partial charge in [-0.2, -0.15) is 0 Å². The van der Waals surface area contributed by atoms with Crippen molar-refractivity contribution in [1.29, 1.82) is 0 Å². The van der Waals surface area contributed by atoms with Crippen molar-refractivity contribution in [2.75, 3.05) is 33.8 Å². The summed E-state index contributed by atoms with van der Waals surface area (Å²) in [5, 5.41) is -0.344. The van der Waals surface area contributed by atoms with Crippen LogP contribution in [0.3, 0.4) is 0 Å². The van der Waals surface area contributed by atoms with E-state index in [0.29, 0.717) is 12.6 Å². The molecule has 1 unspecified atom stereocenters. The van der Waals surface area contributed by atoms with Gasteiger partial charge in [-0.3, -0.25) is 4.57 Å². The highest BCUT2D eigenvalue weighted by Gasteiger charge is 2.45. The van der Waals surface area contributed by atoms with Crippen LogP contribution in [0, 0.1) is 5.41 Å². The molecule has 0 radical (unpaired) electrons. The van der Waals surface area contributed by atoms with Gasteiger partial charge in [0.1, 0.15) is 0 Å². The molecule has 0 saturated carbocycles. The smallest absolute Gasteiger partial charge is 0.277 e. The molecule has 0 N–H and O–H groups in total. The predicted octanol–water partition coefficient (Wildman–Crippen LogP) is 5.34. The number of hydrogen-bond donors (Lipinski definition) is 0. The van der Waals surface area contributed by atoms with Gasteiger partial charge in [0.05, 0.1) is 11.8 Å². The highest BCUT2D eigenvalue weighted by Crippen LogP contribution is 2.62. The highest BCUT2D eigenvalue weighted by molar-refractivity contribution is 7.58. The summed E-state index contributed by atoms with van der Waals surface area (Å²) in [6, 6.07) is 0.595. The van der Waals surface area contributed by atoms with Crippen LogP contribution in [0.2, 0.25) is 0 Å². The molecule has 142 valence electrons. The molecule has 0 amide bonds. The van der Waals surface area contributed by atoms with Crippen LogP contribution in [0.15, 0.2) is 0 Å². The monoisotopic (exact) mass is 350 g/mol. The summed E-state index contributed by atoms with van der Waals surface area (Å²) in [5.41, 5.74) is 0.0306. The minimum absolute atomic E-state index is 0. The summed E-state index contributed by atoms with van der Waals surface area (Å²) < 4.78 is 21.8. The van der Waals surface area contributed by atoms with E-state index in [9.17, 15) is 4.57 Å². The van der Waals surface area contributed by atoms with Gasteiger partial charge in [0.2, 0.25) is 0 Å². The molecular formula is C18H43N2O2P. The van der Waals surface area contributed by atoms with Crippen molar-refractivity contribution < 1.29 is 9.09 Å². The third kappa shape index (κ3) is 6.86. The molecule has 1 saturated heterocycles. The Hall–Kier alpha value is 0.110. The van der Waals surface area contributed by atoms with Crippen LogP contribution in [-0.4, -0.2) is 54.6 Å². The maximum Gasteiger partial charge on any atom is 0.277 e. The molecule has 1 atom stereocenters. The van der Waals surface area contributed by atoms with Crippen molar-refractivity contribution in [1.82, 2.24) is 9.57 Å². The zero-order chi connectivity index (χ0) is 16.5. The van der Waals surface area contributed by atoms with Gasteiger partial charge in [-0.15, -0.1) is 0 Å². The second kappa shape index (κ2) is 8.99. The minimum atomic E-state index is -2.82. The molecule has 0 aliphatic carbocycles. The Morgan fingerprint density at radius 1 is 1.04 bits per heavy atom. The van der Waals surface area contributed by atoms with E-state index in [1.165, 1.54) is 0 Å². The summed E-state index contributed by atoms with van der Waals surface area (Å²) in [7, 11) is 1.43. The van der Waals surface area contributed by atoms with Crippen LogP contribution in [0.4, 0.5) is 0 Å². The van der Waals surface area contributed by atoms with Gasteiger partial charge in [0, 0.05) is 19.1 Å². The van der Waals surface area contributed by atoms with E-state index < -0.39 is 7.52 Å². The first kappa shape index (κ1) is 25.4. The number of nitrogens with zero attached hydrogens (tertiary/aromatic N) is 2. The van der Waals surface area contributed by atoms with E-state index in [2.05, 4.69) is 44.4 Å². The van der Waals surface area contributed by atoms with Gasteiger partial charge in [-0.05, 0) is 53.1 Å². The van der Waals surface area contributed by atoms with E-state index in [4.69, 9.17) is 4.52 Å². The number of hydrogen-bond acceptors (Lipinski definition) is 3. The second-order valence-corrected chi connectivity index (χ2v) is 11.9. The normalized spacial score (nSPS) is 20.6. The average Bonchev–Trinajstić information content (AvgIpc) is 2.33. The van der Waals surface area contributed by atoms with E-state index in [0.717, 1.165) is 25.9 Å². The van der Waals surface area contributed by atoms with Crippen molar-refractivity contribution in [2.24, 2.45) is 5.41 Å². The van der Waals surface area contributed by atoms with Gasteiger partial charge >= 0.3 is 0 Å². The van der Waals surface area contributed by atoms with Crippen molar-refractivity contribution >= 4 is 7.52 Å². The average molecular weight is 351 g/mol. The second-order valence-electron chi connectivity index (χ2n) is 8.67. The zero-order valence-corrected chi connectivity index (χ0v) is 16.2. The molecule has 0 aromatic heterocycles. The summed E-state index contributed by atoms with van der Waals surface area (Å²) >= 11 is 0. The Bertz CT molecular complexity index is 375.